The normalized spacial score (nSPS) is 14.9. The molecule has 2 aromatic carbocycles. The van der Waals surface area contributed by atoms with Gasteiger partial charge >= 0.3 is 0 Å². The number of hydrogen-bond donors (Lipinski definition) is 1. The smallest absolute Gasteiger partial charge is 0.232 e. The topological polar surface area (TPSA) is 85.4 Å². The number of fused-ring (bicyclic) bond motifs is 1. The molecule has 8 nitrogen and oxygen atoms in total. The number of aromatic nitrogens is 3. The number of nitrogens with one attached hydrogen (secondary N) is 1. The van der Waals surface area contributed by atoms with Gasteiger partial charge in [-0.2, -0.15) is 0 Å². The molecule has 1 fully saturated rings. The lowest BCUT2D eigenvalue weighted by Gasteiger charge is -2.28. The van der Waals surface area contributed by atoms with E-state index in [1.54, 1.807) is 0 Å². The van der Waals surface area contributed by atoms with Crippen LogP contribution in [-0.4, -0.2) is 52.7 Å². The number of hydrogen-bond acceptors (Lipinski definition) is 7. The molecule has 1 unspecified atom stereocenters. The predicted octanol–water partition coefficient (Wildman–Crippen LogP) is 4.13. The van der Waals surface area contributed by atoms with Crippen molar-refractivity contribution in [1.82, 2.24) is 20.1 Å². The van der Waals surface area contributed by atoms with Gasteiger partial charge in [0.05, 0.1) is 30.7 Å². The van der Waals surface area contributed by atoms with E-state index in [0.717, 1.165) is 41.5 Å². The Bertz CT molecular complexity index is 1240. The van der Waals surface area contributed by atoms with Crippen LogP contribution in [0.15, 0.2) is 64.2 Å². The van der Waals surface area contributed by atoms with E-state index < -0.39 is 0 Å². The summed E-state index contributed by atoms with van der Waals surface area (Å²) in [5.41, 5.74) is 2.96. The molecule has 2 aromatic heterocycles. The monoisotopic (exact) mass is 477 g/mol. The van der Waals surface area contributed by atoms with Crippen LogP contribution in [0.3, 0.4) is 0 Å². The SMILES string of the molecule is Cc1ccc(-n2c(SCC(=O)NC(C)c3cc4ccccc4o3)nnc2N2CCOCC2)cc1. The molecule has 1 amide bonds. The van der Waals surface area contributed by atoms with E-state index >= 15 is 0 Å². The molecule has 34 heavy (non-hydrogen) atoms. The maximum atomic E-state index is 12.8. The summed E-state index contributed by atoms with van der Waals surface area (Å²) in [4.78, 5) is 14.9. The highest BCUT2D eigenvalue weighted by atomic mass is 32.2. The summed E-state index contributed by atoms with van der Waals surface area (Å²) in [6.45, 7) is 6.80. The Labute approximate surface area is 202 Å². The number of furan rings is 1. The average molecular weight is 478 g/mol. The van der Waals surface area contributed by atoms with Gasteiger partial charge in [0.1, 0.15) is 11.3 Å². The third-order valence-electron chi connectivity index (χ3n) is 5.78. The Morgan fingerprint density at radius 1 is 1.12 bits per heavy atom. The summed E-state index contributed by atoms with van der Waals surface area (Å²) in [7, 11) is 0. The van der Waals surface area contributed by atoms with Crippen molar-refractivity contribution < 1.29 is 13.9 Å². The highest BCUT2D eigenvalue weighted by Crippen LogP contribution is 2.28. The maximum Gasteiger partial charge on any atom is 0.232 e. The fourth-order valence-corrected chi connectivity index (χ4v) is 4.70. The molecule has 5 rings (SSSR count). The zero-order valence-electron chi connectivity index (χ0n) is 19.2. The van der Waals surface area contributed by atoms with Crippen molar-refractivity contribution in [2.75, 3.05) is 37.0 Å². The molecule has 0 aliphatic carbocycles. The molecule has 1 atom stereocenters. The molecule has 9 heteroatoms. The van der Waals surface area contributed by atoms with Gasteiger partial charge < -0.3 is 19.4 Å². The van der Waals surface area contributed by atoms with Crippen LogP contribution in [0.1, 0.15) is 24.3 Å². The average Bonchev–Trinajstić information content (AvgIpc) is 3.48. The van der Waals surface area contributed by atoms with E-state index in [1.165, 1.54) is 17.3 Å². The van der Waals surface area contributed by atoms with E-state index in [9.17, 15) is 4.79 Å². The second kappa shape index (κ2) is 9.90. The molecule has 0 bridgehead atoms. The van der Waals surface area contributed by atoms with E-state index in [-0.39, 0.29) is 17.7 Å². The van der Waals surface area contributed by atoms with Crippen LogP contribution >= 0.6 is 11.8 Å². The third kappa shape index (κ3) is 4.80. The van der Waals surface area contributed by atoms with Crippen LogP contribution in [-0.2, 0) is 9.53 Å². The standard InChI is InChI=1S/C25H27N5O3S/c1-17-7-9-20(10-8-17)30-24(29-11-13-32-14-12-29)27-28-25(30)34-16-23(31)26-18(2)22-15-19-5-3-4-6-21(19)33-22/h3-10,15,18H,11-14,16H2,1-2H3,(H,26,31). The first-order valence-electron chi connectivity index (χ1n) is 11.3. The minimum atomic E-state index is -0.237. The minimum Gasteiger partial charge on any atom is -0.459 e. The second-order valence-electron chi connectivity index (χ2n) is 8.32. The minimum absolute atomic E-state index is 0.0932. The zero-order chi connectivity index (χ0) is 23.5. The fraction of sp³-hybridized carbons (Fsp3) is 0.320. The lowest BCUT2D eigenvalue weighted by atomic mass is 10.2. The van der Waals surface area contributed by atoms with E-state index in [4.69, 9.17) is 9.15 Å². The first-order chi connectivity index (χ1) is 16.6. The highest BCUT2D eigenvalue weighted by molar-refractivity contribution is 7.99. The van der Waals surface area contributed by atoms with Gasteiger partial charge in [-0.3, -0.25) is 9.36 Å². The molecular formula is C25H27N5O3S. The first kappa shape index (κ1) is 22.5. The van der Waals surface area contributed by atoms with Crippen molar-refractivity contribution in [1.29, 1.82) is 0 Å². The molecule has 3 heterocycles. The van der Waals surface area contributed by atoms with Crippen molar-refractivity contribution >= 4 is 34.6 Å². The number of nitrogens with zero attached hydrogens (tertiary/aromatic N) is 4. The molecule has 1 aliphatic heterocycles. The molecule has 1 N–H and O–H groups in total. The number of ether oxygens (including phenoxy) is 1. The number of carbonyl (C=O) groups is 1. The van der Waals surface area contributed by atoms with Gasteiger partial charge in [-0.25, -0.2) is 0 Å². The zero-order valence-corrected chi connectivity index (χ0v) is 20.0. The number of carbonyl (C=O) groups excluding carboxylic acids is 1. The fourth-order valence-electron chi connectivity index (χ4n) is 3.94. The van der Waals surface area contributed by atoms with Gasteiger partial charge in [-0.15, -0.1) is 10.2 Å². The van der Waals surface area contributed by atoms with Crippen molar-refractivity contribution in [3.8, 4) is 5.69 Å². The Morgan fingerprint density at radius 3 is 2.65 bits per heavy atom. The third-order valence-corrected chi connectivity index (χ3v) is 6.71. The largest absolute Gasteiger partial charge is 0.459 e. The number of morpholine rings is 1. The Kier molecular flexibility index (Phi) is 6.55. The van der Waals surface area contributed by atoms with Crippen LogP contribution in [0.2, 0.25) is 0 Å². The van der Waals surface area contributed by atoms with Crippen LogP contribution in [0.5, 0.6) is 0 Å². The summed E-state index contributed by atoms with van der Waals surface area (Å²) in [6, 6.07) is 17.8. The molecule has 0 saturated carbocycles. The van der Waals surface area contributed by atoms with E-state index in [1.807, 2.05) is 41.8 Å². The predicted molar refractivity (Wildman–Crippen MR) is 133 cm³/mol. The van der Waals surface area contributed by atoms with E-state index in [0.29, 0.717) is 18.4 Å². The molecule has 0 spiro atoms. The second-order valence-corrected chi connectivity index (χ2v) is 9.26. The summed E-state index contributed by atoms with van der Waals surface area (Å²) in [6.07, 6.45) is 0. The van der Waals surface area contributed by atoms with Crippen LogP contribution in [0, 0.1) is 6.92 Å². The number of anilines is 1. The summed E-state index contributed by atoms with van der Waals surface area (Å²) in [5.74, 6) is 1.63. The first-order valence-corrected chi connectivity index (χ1v) is 12.3. The van der Waals surface area contributed by atoms with Crippen LogP contribution < -0.4 is 10.2 Å². The lowest BCUT2D eigenvalue weighted by Crippen LogP contribution is -2.37. The number of benzene rings is 2. The highest BCUT2D eigenvalue weighted by Gasteiger charge is 2.23. The maximum absolute atomic E-state index is 12.8. The van der Waals surface area contributed by atoms with Gasteiger partial charge in [-0.05, 0) is 38.1 Å². The van der Waals surface area contributed by atoms with Gasteiger partial charge in [0.15, 0.2) is 5.16 Å². The molecule has 0 radical (unpaired) electrons. The van der Waals surface area contributed by atoms with Gasteiger partial charge in [0.2, 0.25) is 11.9 Å². The number of aryl methyl sites for hydroxylation is 1. The van der Waals surface area contributed by atoms with Crippen molar-refractivity contribution in [2.45, 2.75) is 25.0 Å². The summed E-state index contributed by atoms with van der Waals surface area (Å²) in [5, 5.41) is 13.6. The number of para-hydroxylation sites is 1. The Balaban J connectivity index is 1.30. The number of amides is 1. The summed E-state index contributed by atoms with van der Waals surface area (Å²) < 4.78 is 13.4. The van der Waals surface area contributed by atoms with Crippen molar-refractivity contribution in [3.63, 3.8) is 0 Å². The van der Waals surface area contributed by atoms with Crippen molar-refractivity contribution in [2.24, 2.45) is 0 Å². The molecule has 1 aliphatic rings. The lowest BCUT2D eigenvalue weighted by molar-refractivity contribution is -0.119. The molecule has 176 valence electrons. The summed E-state index contributed by atoms with van der Waals surface area (Å²) >= 11 is 1.37. The van der Waals surface area contributed by atoms with Crippen LogP contribution in [0.4, 0.5) is 5.95 Å². The van der Waals surface area contributed by atoms with Crippen molar-refractivity contribution in [3.05, 3.63) is 65.9 Å². The van der Waals surface area contributed by atoms with Gasteiger partial charge in [0.25, 0.3) is 0 Å². The molecule has 1 saturated heterocycles. The van der Waals surface area contributed by atoms with Crippen LogP contribution in [0.25, 0.3) is 16.7 Å². The van der Waals surface area contributed by atoms with E-state index in [2.05, 4.69) is 51.6 Å². The molecular weight excluding hydrogens is 450 g/mol. The van der Waals surface area contributed by atoms with Gasteiger partial charge in [0, 0.05) is 18.5 Å². The number of rotatable bonds is 7. The Hall–Kier alpha value is -3.30. The van der Waals surface area contributed by atoms with Gasteiger partial charge in [-0.1, -0.05) is 47.7 Å². The number of thioether (sulfide) groups is 1. The quantitative estimate of drug-likeness (QED) is 0.401. The molecule has 4 aromatic rings. The Morgan fingerprint density at radius 2 is 1.88 bits per heavy atom.